The molecule has 0 radical (unpaired) electrons. The number of aliphatic imine (C=N–C) groups is 1. The zero-order chi connectivity index (χ0) is 19.4. The van der Waals surface area contributed by atoms with Crippen molar-refractivity contribution in [2.45, 2.75) is 70.9 Å². The van der Waals surface area contributed by atoms with Crippen LogP contribution in [0.5, 0.6) is 0 Å². The highest BCUT2D eigenvalue weighted by Crippen LogP contribution is 2.28. The summed E-state index contributed by atoms with van der Waals surface area (Å²) in [5.74, 6) is 2.83. The van der Waals surface area contributed by atoms with E-state index in [2.05, 4.69) is 41.4 Å². The van der Waals surface area contributed by atoms with Gasteiger partial charge in [0, 0.05) is 37.5 Å². The van der Waals surface area contributed by atoms with Gasteiger partial charge in [0.05, 0.1) is 12.7 Å². The number of amides is 1. The van der Waals surface area contributed by atoms with E-state index >= 15 is 0 Å². The van der Waals surface area contributed by atoms with Crippen LogP contribution in [0.2, 0.25) is 0 Å². The van der Waals surface area contributed by atoms with Gasteiger partial charge >= 0.3 is 0 Å². The largest absolute Gasteiger partial charge is 0.443 e. The topological polar surface area (TPSA) is 82.8 Å². The maximum absolute atomic E-state index is 12.6. The lowest BCUT2D eigenvalue weighted by molar-refractivity contribution is -0.134. The molecule has 1 aromatic heterocycles. The fourth-order valence-electron chi connectivity index (χ4n) is 3.80. The molecule has 0 spiro atoms. The van der Waals surface area contributed by atoms with Crippen molar-refractivity contribution >= 4 is 11.9 Å². The predicted molar refractivity (Wildman–Crippen MR) is 105 cm³/mol. The molecule has 1 aliphatic heterocycles. The highest BCUT2D eigenvalue weighted by Gasteiger charge is 2.32. The third-order valence-corrected chi connectivity index (χ3v) is 5.47. The summed E-state index contributed by atoms with van der Waals surface area (Å²) in [5, 5.41) is 6.68. The van der Waals surface area contributed by atoms with E-state index in [0.29, 0.717) is 24.3 Å². The Kier molecular flexibility index (Phi) is 6.07. The number of carbonyl (C=O) groups excluding carboxylic acids is 1. The van der Waals surface area contributed by atoms with Gasteiger partial charge in [-0.1, -0.05) is 33.6 Å². The van der Waals surface area contributed by atoms with Gasteiger partial charge < -0.3 is 20.0 Å². The molecule has 2 N–H and O–H groups in total. The molecule has 150 valence electrons. The van der Waals surface area contributed by atoms with E-state index in [9.17, 15) is 4.79 Å². The van der Waals surface area contributed by atoms with Crippen LogP contribution < -0.4 is 10.6 Å². The van der Waals surface area contributed by atoms with Crippen LogP contribution in [-0.4, -0.2) is 47.9 Å². The van der Waals surface area contributed by atoms with Gasteiger partial charge in [-0.15, -0.1) is 0 Å². The first kappa shape index (κ1) is 19.7. The summed E-state index contributed by atoms with van der Waals surface area (Å²) in [6.45, 7) is 8.37. The van der Waals surface area contributed by atoms with E-state index in [1.165, 1.54) is 12.8 Å². The number of nitrogens with zero attached hydrogens (tertiary/aromatic N) is 3. The standard InChI is InChI=1S/C20H33N5O2/c1-20(2,3)16-11-22-17(27-16)12-23-19(21-4)24-15-9-10-25(13-15)18(26)14-7-5-6-8-14/h11,14-15H,5-10,12-13H2,1-4H3,(H2,21,23,24). The number of rotatable bonds is 4. The molecule has 1 aliphatic carbocycles. The molecule has 7 nitrogen and oxygen atoms in total. The second-order valence-electron chi connectivity index (χ2n) is 8.69. The number of carbonyl (C=O) groups is 1. The summed E-state index contributed by atoms with van der Waals surface area (Å²) in [6.07, 6.45) is 7.25. The molecule has 7 heteroatoms. The monoisotopic (exact) mass is 375 g/mol. The van der Waals surface area contributed by atoms with Gasteiger partial charge in [-0.25, -0.2) is 4.98 Å². The molecule has 1 amide bonds. The first-order valence-electron chi connectivity index (χ1n) is 10.1. The second-order valence-corrected chi connectivity index (χ2v) is 8.69. The number of nitrogens with one attached hydrogen (secondary N) is 2. The van der Waals surface area contributed by atoms with E-state index in [0.717, 1.165) is 38.1 Å². The molecule has 2 heterocycles. The number of guanidine groups is 1. The van der Waals surface area contributed by atoms with Crippen LogP contribution in [0.3, 0.4) is 0 Å². The smallest absolute Gasteiger partial charge is 0.225 e. The number of hydrogen-bond acceptors (Lipinski definition) is 4. The van der Waals surface area contributed by atoms with Crippen molar-refractivity contribution in [3.63, 3.8) is 0 Å². The molecule has 0 aromatic carbocycles. The Bertz CT molecular complexity index is 670. The molecular formula is C20H33N5O2. The van der Waals surface area contributed by atoms with E-state index in [1.54, 1.807) is 13.2 Å². The fraction of sp³-hybridized carbons (Fsp3) is 0.750. The van der Waals surface area contributed by atoms with Gasteiger partial charge in [-0.05, 0) is 19.3 Å². The van der Waals surface area contributed by atoms with Gasteiger partial charge in [0.15, 0.2) is 5.96 Å². The fourth-order valence-corrected chi connectivity index (χ4v) is 3.80. The molecule has 1 saturated carbocycles. The van der Waals surface area contributed by atoms with Gasteiger partial charge in [-0.3, -0.25) is 9.79 Å². The SMILES string of the molecule is CN=C(NCc1ncc(C(C)(C)C)o1)NC1CCN(C(=O)C2CCCC2)C1. The lowest BCUT2D eigenvalue weighted by atomic mass is 9.94. The van der Waals surface area contributed by atoms with E-state index in [4.69, 9.17) is 4.42 Å². The summed E-state index contributed by atoms with van der Waals surface area (Å²) in [6, 6.07) is 0.233. The zero-order valence-electron chi connectivity index (χ0n) is 17.0. The Morgan fingerprint density at radius 3 is 2.70 bits per heavy atom. The van der Waals surface area contributed by atoms with E-state index in [-0.39, 0.29) is 17.4 Å². The van der Waals surface area contributed by atoms with Crippen LogP contribution in [0.15, 0.2) is 15.6 Å². The first-order valence-corrected chi connectivity index (χ1v) is 10.1. The molecule has 3 rings (SSSR count). The molecule has 1 aromatic rings. The summed E-state index contributed by atoms with van der Waals surface area (Å²) in [5.41, 5.74) is -0.0513. The maximum Gasteiger partial charge on any atom is 0.225 e. The molecule has 1 unspecified atom stereocenters. The second kappa shape index (κ2) is 8.31. The number of oxazole rings is 1. The van der Waals surface area contributed by atoms with E-state index < -0.39 is 0 Å². The molecular weight excluding hydrogens is 342 g/mol. The molecule has 27 heavy (non-hydrogen) atoms. The van der Waals surface area contributed by atoms with Crippen molar-refractivity contribution in [3.8, 4) is 0 Å². The van der Waals surface area contributed by atoms with Crippen molar-refractivity contribution in [1.82, 2.24) is 20.5 Å². The highest BCUT2D eigenvalue weighted by atomic mass is 16.4. The predicted octanol–water partition coefficient (Wildman–Crippen LogP) is 2.43. The Morgan fingerprint density at radius 2 is 2.07 bits per heavy atom. The van der Waals surface area contributed by atoms with Crippen molar-refractivity contribution in [3.05, 3.63) is 17.8 Å². The van der Waals surface area contributed by atoms with Crippen LogP contribution in [0, 0.1) is 5.92 Å². The number of likely N-dealkylation sites (tertiary alicyclic amines) is 1. The lowest BCUT2D eigenvalue weighted by Crippen LogP contribution is -2.45. The van der Waals surface area contributed by atoms with Crippen molar-refractivity contribution in [2.75, 3.05) is 20.1 Å². The van der Waals surface area contributed by atoms with Crippen LogP contribution in [0.4, 0.5) is 0 Å². The van der Waals surface area contributed by atoms with Gasteiger partial charge in [0.1, 0.15) is 5.76 Å². The van der Waals surface area contributed by atoms with Crippen molar-refractivity contribution in [2.24, 2.45) is 10.9 Å². The molecule has 2 fully saturated rings. The van der Waals surface area contributed by atoms with Crippen LogP contribution in [-0.2, 0) is 16.8 Å². The minimum Gasteiger partial charge on any atom is -0.443 e. The summed E-state index contributed by atoms with van der Waals surface area (Å²) >= 11 is 0. The molecule has 1 saturated heterocycles. The Hall–Kier alpha value is -2.05. The third kappa shape index (κ3) is 5.02. The van der Waals surface area contributed by atoms with Crippen molar-refractivity contribution in [1.29, 1.82) is 0 Å². The zero-order valence-corrected chi connectivity index (χ0v) is 17.0. The van der Waals surface area contributed by atoms with Gasteiger partial charge in [0.25, 0.3) is 0 Å². The summed E-state index contributed by atoms with van der Waals surface area (Å²) in [7, 11) is 1.75. The third-order valence-electron chi connectivity index (χ3n) is 5.47. The summed E-state index contributed by atoms with van der Waals surface area (Å²) < 4.78 is 5.81. The van der Waals surface area contributed by atoms with Crippen molar-refractivity contribution < 1.29 is 9.21 Å². The maximum atomic E-state index is 12.6. The minimum atomic E-state index is -0.0513. The molecule has 1 atom stereocenters. The lowest BCUT2D eigenvalue weighted by Gasteiger charge is -2.21. The summed E-state index contributed by atoms with van der Waals surface area (Å²) in [4.78, 5) is 23.2. The number of aromatic nitrogens is 1. The Morgan fingerprint density at radius 1 is 1.33 bits per heavy atom. The van der Waals surface area contributed by atoms with E-state index in [1.807, 2.05) is 4.90 Å². The van der Waals surface area contributed by atoms with Crippen LogP contribution in [0.25, 0.3) is 0 Å². The molecule has 0 bridgehead atoms. The average molecular weight is 376 g/mol. The minimum absolute atomic E-state index is 0.0513. The normalized spacial score (nSPS) is 21.7. The Labute approximate surface area is 162 Å². The van der Waals surface area contributed by atoms with Gasteiger partial charge in [-0.2, -0.15) is 0 Å². The van der Waals surface area contributed by atoms with Gasteiger partial charge in [0.2, 0.25) is 11.8 Å². The first-order chi connectivity index (χ1) is 12.9. The highest BCUT2D eigenvalue weighted by molar-refractivity contribution is 5.81. The Balaban J connectivity index is 1.46. The quantitative estimate of drug-likeness (QED) is 0.624. The van der Waals surface area contributed by atoms with Crippen LogP contribution >= 0.6 is 0 Å². The average Bonchev–Trinajstić information content (AvgIpc) is 3.39. The molecule has 2 aliphatic rings. The number of hydrogen-bond donors (Lipinski definition) is 2. The van der Waals surface area contributed by atoms with Crippen LogP contribution in [0.1, 0.15) is 64.5 Å².